The molecule has 1 N–H and O–H groups in total. The van der Waals surface area contributed by atoms with Crippen molar-refractivity contribution in [3.8, 4) is 0 Å². The standard InChI is InChI=1S/C27H42N4O2/c32-25(14-13-23-9-3-1-4-10-23)30-19-21-31(22-20-30)26(24-11-5-6-12-24)27(33)28-15-18-29-16-7-2-8-17-29/h1,3-4,9-10,24,26H,2,5-8,11-22H2,(H,28,33). The molecule has 1 aliphatic carbocycles. The van der Waals surface area contributed by atoms with Crippen LogP contribution < -0.4 is 5.32 Å². The van der Waals surface area contributed by atoms with Gasteiger partial charge in [-0.2, -0.15) is 0 Å². The molecule has 1 atom stereocenters. The fraction of sp³-hybridized carbons (Fsp3) is 0.704. The van der Waals surface area contributed by atoms with Crippen LogP contribution in [0.25, 0.3) is 0 Å². The van der Waals surface area contributed by atoms with Crippen molar-refractivity contribution < 1.29 is 9.59 Å². The van der Waals surface area contributed by atoms with Crippen LogP contribution in [0.2, 0.25) is 0 Å². The summed E-state index contributed by atoms with van der Waals surface area (Å²) in [7, 11) is 0. The van der Waals surface area contributed by atoms with Crippen LogP contribution in [0.5, 0.6) is 0 Å². The van der Waals surface area contributed by atoms with E-state index in [1.165, 1.54) is 50.8 Å². The van der Waals surface area contributed by atoms with Crippen LogP contribution in [0.3, 0.4) is 0 Å². The Labute approximate surface area is 199 Å². The van der Waals surface area contributed by atoms with Gasteiger partial charge in [-0.25, -0.2) is 0 Å². The summed E-state index contributed by atoms with van der Waals surface area (Å²) in [5, 5.41) is 3.27. The Bertz CT molecular complexity index is 736. The highest BCUT2D eigenvalue weighted by molar-refractivity contribution is 5.82. The van der Waals surface area contributed by atoms with Gasteiger partial charge in [0.05, 0.1) is 6.04 Å². The summed E-state index contributed by atoms with van der Waals surface area (Å²) in [5.74, 6) is 0.907. The Kier molecular flexibility index (Phi) is 9.18. The number of aryl methyl sites for hydroxylation is 1. The zero-order chi connectivity index (χ0) is 22.9. The third-order valence-electron chi connectivity index (χ3n) is 7.82. The number of piperazine rings is 1. The number of hydrogen-bond acceptors (Lipinski definition) is 4. The maximum absolute atomic E-state index is 13.3. The van der Waals surface area contributed by atoms with Crippen LogP contribution in [-0.2, 0) is 16.0 Å². The van der Waals surface area contributed by atoms with E-state index in [1.807, 2.05) is 23.1 Å². The molecule has 2 saturated heterocycles. The second-order valence-corrected chi connectivity index (χ2v) is 10.1. The Morgan fingerprint density at radius 2 is 1.58 bits per heavy atom. The molecule has 3 fully saturated rings. The van der Waals surface area contributed by atoms with Crippen LogP contribution in [0, 0.1) is 5.92 Å². The number of hydrogen-bond donors (Lipinski definition) is 1. The quantitative estimate of drug-likeness (QED) is 0.623. The van der Waals surface area contributed by atoms with Crippen molar-refractivity contribution in [1.82, 2.24) is 20.0 Å². The van der Waals surface area contributed by atoms with Crippen LogP contribution in [0.15, 0.2) is 30.3 Å². The van der Waals surface area contributed by atoms with Crippen molar-refractivity contribution in [2.24, 2.45) is 5.92 Å². The van der Waals surface area contributed by atoms with Crippen molar-refractivity contribution in [3.63, 3.8) is 0 Å². The number of amides is 2. The Morgan fingerprint density at radius 1 is 0.879 bits per heavy atom. The van der Waals surface area contributed by atoms with Crippen LogP contribution in [-0.4, -0.2) is 84.9 Å². The van der Waals surface area contributed by atoms with Gasteiger partial charge in [-0.15, -0.1) is 0 Å². The predicted octanol–water partition coefficient (Wildman–Crippen LogP) is 2.92. The molecule has 33 heavy (non-hydrogen) atoms. The van der Waals surface area contributed by atoms with E-state index in [0.717, 1.165) is 58.5 Å². The topological polar surface area (TPSA) is 55.9 Å². The molecular formula is C27H42N4O2. The number of benzene rings is 1. The number of nitrogens with one attached hydrogen (secondary N) is 1. The summed E-state index contributed by atoms with van der Waals surface area (Å²) in [6, 6.07) is 10.2. The van der Waals surface area contributed by atoms with Crippen LogP contribution >= 0.6 is 0 Å². The number of likely N-dealkylation sites (tertiary alicyclic amines) is 1. The van der Waals surface area contributed by atoms with E-state index in [-0.39, 0.29) is 17.9 Å². The van der Waals surface area contributed by atoms with Crippen molar-refractivity contribution in [2.75, 3.05) is 52.4 Å². The second kappa shape index (κ2) is 12.5. The summed E-state index contributed by atoms with van der Waals surface area (Å²) >= 11 is 0. The molecule has 6 heteroatoms. The highest BCUT2D eigenvalue weighted by Gasteiger charge is 2.37. The lowest BCUT2D eigenvalue weighted by Crippen LogP contribution is -2.58. The normalized spacial score (nSPS) is 21.8. The predicted molar refractivity (Wildman–Crippen MR) is 132 cm³/mol. The largest absolute Gasteiger partial charge is 0.353 e. The minimum Gasteiger partial charge on any atom is -0.353 e. The number of carbonyl (C=O) groups is 2. The van der Waals surface area contributed by atoms with Gasteiger partial charge in [0.1, 0.15) is 0 Å². The SMILES string of the molecule is O=C(NCCN1CCCCC1)C(C1CCCC1)N1CCN(C(=O)CCc2ccccc2)CC1. The molecule has 0 aromatic heterocycles. The lowest BCUT2D eigenvalue weighted by atomic mass is 9.95. The monoisotopic (exact) mass is 454 g/mol. The summed E-state index contributed by atoms with van der Waals surface area (Å²) in [5.41, 5.74) is 1.21. The molecule has 1 aromatic rings. The molecule has 1 unspecified atom stereocenters. The molecule has 2 heterocycles. The first kappa shape index (κ1) is 24.2. The van der Waals surface area contributed by atoms with E-state index >= 15 is 0 Å². The first-order chi connectivity index (χ1) is 16.2. The molecule has 0 spiro atoms. The molecule has 0 bridgehead atoms. The number of nitrogens with zero attached hydrogens (tertiary/aromatic N) is 3. The van der Waals surface area contributed by atoms with Crippen molar-refractivity contribution in [3.05, 3.63) is 35.9 Å². The molecule has 0 radical (unpaired) electrons. The number of piperidine rings is 1. The Hall–Kier alpha value is -1.92. The maximum atomic E-state index is 13.3. The van der Waals surface area contributed by atoms with E-state index in [0.29, 0.717) is 12.3 Å². The zero-order valence-electron chi connectivity index (χ0n) is 20.2. The summed E-state index contributed by atoms with van der Waals surface area (Å²) in [6.45, 7) is 7.13. The van der Waals surface area contributed by atoms with Gasteiger partial charge in [-0.05, 0) is 56.7 Å². The van der Waals surface area contributed by atoms with Gasteiger partial charge in [-0.3, -0.25) is 14.5 Å². The van der Waals surface area contributed by atoms with E-state index in [4.69, 9.17) is 0 Å². The summed E-state index contributed by atoms with van der Waals surface area (Å²) < 4.78 is 0. The fourth-order valence-corrected chi connectivity index (χ4v) is 5.88. The summed E-state index contributed by atoms with van der Waals surface area (Å²) in [4.78, 5) is 32.9. The number of rotatable bonds is 9. The van der Waals surface area contributed by atoms with Gasteiger partial charge < -0.3 is 15.1 Å². The van der Waals surface area contributed by atoms with E-state index in [1.54, 1.807) is 0 Å². The first-order valence-electron chi connectivity index (χ1n) is 13.3. The maximum Gasteiger partial charge on any atom is 0.237 e. The molecular weight excluding hydrogens is 412 g/mol. The molecule has 182 valence electrons. The second-order valence-electron chi connectivity index (χ2n) is 10.1. The van der Waals surface area contributed by atoms with Crippen LogP contribution in [0.1, 0.15) is 56.9 Å². The van der Waals surface area contributed by atoms with Crippen LogP contribution in [0.4, 0.5) is 0 Å². The van der Waals surface area contributed by atoms with E-state index in [9.17, 15) is 9.59 Å². The molecule has 1 aromatic carbocycles. The van der Waals surface area contributed by atoms with Gasteiger partial charge in [0.2, 0.25) is 11.8 Å². The molecule has 6 nitrogen and oxygen atoms in total. The minimum absolute atomic E-state index is 0.0320. The molecule has 2 amide bonds. The Balaban J connectivity index is 1.25. The van der Waals surface area contributed by atoms with Gasteiger partial charge >= 0.3 is 0 Å². The third kappa shape index (κ3) is 7.03. The lowest BCUT2D eigenvalue weighted by molar-refractivity contribution is -0.135. The molecule has 4 rings (SSSR count). The average molecular weight is 455 g/mol. The minimum atomic E-state index is -0.0320. The van der Waals surface area contributed by atoms with Crippen molar-refractivity contribution in [1.29, 1.82) is 0 Å². The third-order valence-corrected chi connectivity index (χ3v) is 7.82. The zero-order valence-corrected chi connectivity index (χ0v) is 20.2. The average Bonchev–Trinajstić information content (AvgIpc) is 3.39. The van der Waals surface area contributed by atoms with Gasteiger partial charge in [0.15, 0.2) is 0 Å². The van der Waals surface area contributed by atoms with Crippen molar-refractivity contribution in [2.45, 2.75) is 63.8 Å². The van der Waals surface area contributed by atoms with E-state index < -0.39 is 0 Å². The molecule has 1 saturated carbocycles. The lowest BCUT2D eigenvalue weighted by Gasteiger charge is -2.41. The Morgan fingerprint density at radius 3 is 2.27 bits per heavy atom. The fourth-order valence-electron chi connectivity index (χ4n) is 5.88. The highest BCUT2D eigenvalue weighted by Crippen LogP contribution is 2.31. The van der Waals surface area contributed by atoms with Gasteiger partial charge in [-0.1, -0.05) is 49.6 Å². The molecule has 3 aliphatic rings. The summed E-state index contributed by atoms with van der Waals surface area (Å²) in [6.07, 6.45) is 10.0. The molecule has 2 aliphatic heterocycles. The van der Waals surface area contributed by atoms with Gasteiger partial charge in [0.25, 0.3) is 0 Å². The van der Waals surface area contributed by atoms with Gasteiger partial charge in [0, 0.05) is 45.7 Å². The first-order valence-corrected chi connectivity index (χ1v) is 13.3. The highest BCUT2D eigenvalue weighted by atomic mass is 16.2. The smallest absolute Gasteiger partial charge is 0.237 e. The van der Waals surface area contributed by atoms with Crippen molar-refractivity contribution >= 4 is 11.8 Å². The number of carbonyl (C=O) groups excluding carboxylic acids is 2. The van der Waals surface area contributed by atoms with E-state index in [2.05, 4.69) is 27.2 Å².